The number of ether oxygens (including phenoxy) is 4. The molecule has 2 N–H and O–H groups in total. The van der Waals surface area contributed by atoms with Crippen LogP contribution in [-0.4, -0.2) is 50.0 Å². The number of carbonyl (C=O) groups is 2. The maximum Gasteiger partial charge on any atom is 0.320 e. The van der Waals surface area contributed by atoms with Crippen molar-refractivity contribution in [1.29, 1.82) is 0 Å². The van der Waals surface area contributed by atoms with Crippen LogP contribution in [0.5, 0.6) is 17.2 Å². The molecule has 2 rings (SSSR count). The Kier molecular flexibility index (Phi) is 9.04. The molecule has 2 aromatic rings. The summed E-state index contributed by atoms with van der Waals surface area (Å²) in [5.41, 5.74) is 0.721. The SMILES string of the molecule is COc1cccc(CC(=O)Oc2ccc(C(O)CNCC(=O)OC(C)(C)C)cc2)c1OC. The molecule has 8 nitrogen and oxygen atoms in total. The summed E-state index contributed by atoms with van der Waals surface area (Å²) in [7, 11) is 3.04. The van der Waals surface area contributed by atoms with E-state index in [2.05, 4.69) is 5.32 Å². The fourth-order valence-corrected chi connectivity index (χ4v) is 2.98. The van der Waals surface area contributed by atoms with Gasteiger partial charge in [-0.3, -0.25) is 9.59 Å². The maximum atomic E-state index is 12.4. The van der Waals surface area contributed by atoms with Gasteiger partial charge in [0.1, 0.15) is 11.4 Å². The third-order valence-electron chi connectivity index (χ3n) is 4.34. The van der Waals surface area contributed by atoms with Crippen molar-refractivity contribution in [2.75, 3.05) is 27.3 Å². The molecule has 0 aliphatic rings. The van der Waals surface area contributed by atoms with Crippen LogP contribution in [0.25, 0.3) is 0 Å². The van der Waals surface area contributed by atoms with Crippen LogP contribution >= 0.6 is 0 Å². The van der Waals surface area contributed by atoms with Crippen molar-refractivity contribution in [1.82, 2.24) is 5.32 Å². The Morgan fingerprint density at radius 1 is 1.00 bits per heavy atom. The third-order valence-corrected chi connectivity index (χ3v) is 4.34. The van der Waals surface area contributed by atoms with E-state index >= 15 is 0 Å². The molecular weight excluding hydrogens is 414 g/mol. The summed E-state index contributed by atoms with van der Waals surface area (Å²) in [5.74, 6) is 0.541. The summed E-state index contributed by atoms with van der Waals surface area (Å²) >= 11 is 0. The van der Waals surface area contributed by atoms with Gasteiger partial charge in [0, 0.05) is 12.1 Å². The van der Waals surface area contributed by atoms with E-state index in [1.54, 1.807) is 63.2 Å². The molecule has 1 unspecified atom stereocenters. The van der Waals surface area contributed by atoms with Gasteiger partial charge in [0.05, 0.1) is 33.3 Å². The molecule has 0 saturated carbocycles. The van der Waals surface area contributed by atoms with Crippen LogP contribution in [0.1, 0.15) is 38.0 Å². The second kappa shape index (κ2) is 11.5. The lowest BCUT2D eigenvalue weighted by Gasteiger charge is -2.20. The van der Waals surface area contributed by atoms with Crippen molar-refractivity contribution in [3.63, 3.8) is 0 Å². The highest BCUT2D eigenvalue weighted by Gasteiger charge is 2.17. The Hall–Kier alpha value is -3.10. The normalized spacial score (nSPS) is 12.1. The van der Waals surface area contributed by atoms with Crippen LogP contribution in [0.15, 0.2) is 42.5 Å². The first-order chi connectivity index (χ1) is 15.1. The number of methoxy groups -OCH3 is 2. The topological polar surface area (TPSA) is 103 Å². The van der Waals surface area contributed by atoms with E-state index in [9.17, 15) is 14.7 Å². The molecule has 0 fully saturated rings. The Morgan fingerprint density at radius 2 is 1.69 bits per heavy atom. The second-order valence-electron chi connectivity index (χ2n) is 8.11. The number of para-hydroxylation sites is 1. The number of rotatable bonds is 10. The van der Waals surface area contributed by atoms with E-state index in [0.717, 1.165) is 0 Å². The molecule has 174 valence electrons. The van der Waals surface area contributed by atoms with E-state index in [1.807, 2.05) is 0 Å². The van der Waals surface area contributed by atoms with Gasteiger partial charge in [-0.2, -0.15) is 0 Å². The largest absolute Gasteiger partial charge is 0.493 e. The Balaban J connectivity index is 1.87. The van der Waals surface area contributed by atoms with Crippen LogP contribution in [0, 0.1) is 0 Å². The standard InChI is InChI=1S/C24H31NO7/c1-24(2,3)32-22(28)15-25-14-19(26)16-9-11-18(12-10-16)31-21(27)13-17-7-6-8-20(29-4)23(17)30-5/h6-12,19,25-26H,13-15H2,1-5H3. The molecule has 0 radical (unpaired) electrons. The minimum atomic E-state index is -0.830. The molecule has 0 spiro atoms. The van der Waals surface area contributed by atoms with Gasteiger partial charge in [0.25, 0.3) is 0 Å². The van der Waals surface area contributed by atoms with Crippen molar-refractivity contribution >= 4 is 11.9 Å². The lowest BCUT2D eigenvalue weighted by molar-refractivity contribution is -0.153. The molecule has 0 saturated heterocycles. The fourth-order valence-electron chi connectivity index (χ4n) is 2.98. The van der Waals surface area contributed by atoms with Gasteiger partial charge in [0.15, 0.2) is 11.5 Å². The predicted molar refractivity (Wildman–Crippen MR) is 119 cm³/mol. The van der Waals surface area contributed by atoms with E-state index in [0.29, 0.717) is 28.4 Å². The first kappa shape index (κ1) is 25.2. The van der Waals surface area contributed by atoms with Gasteiger partial charge < -0.3 is 29.4 Å². The van der Waals surface area contributed by atoms with Crippen LogP contribution < -0.4 is 19.5 Å². The number of aliphatic hydroxyl groups is 1. The smallest absolute Gasteiger partial charge is 0.320 e. The van der Waals surface area contributed by atoms with Crippen molar-refractivity contribution in [3.8, 4) is 17.2 Å². The number of hydrogen-bond acceptors (Lipinski definition) is 8. The fraction of sp³-hybridized carbons (Fsp3) is 0.417. The molecule has 0 bridgehead atoms. The average molecular weight is 446 g/mol. The van der Waals surface area contributed by atoms with Crippen LogP contribution in [-0.2, 0) is 20.7 Å². The average Bonchev–Trinajstić information content (AvgIpc) is 2.72. The number of benzene rings is 2. The van der Waals surface area contributed by atoms with Gasteiger partial charge in [-0.25, -0.2) is 0 Å². The predicted octanol–water partition coefficient (Wildman–Crippen LogP) is 2.82. The summed E-state index contributed by atoms with van der Waals surface area (Å²) in [4.78, 5) is 24.1. The van der Waals surface area contributed by atoms with Gasteiger partial charge in [-0.05, 0) is 44.5 Å². The Labute approximate surface area is 188 Å². The van der Waals surface area contributed by atoms with E-state index in [1.165, 1.54) is 14.2 Å². The number of carbonyl (C=O) groups excluding carboxylic acids is 2. The molecule has 0 heterocycles. The first-order valence-corrected chi connectivity index (χ1v) is 10.2. The lowest BCUT2D eigenvalue weighted by Crippen LogP contribution is -2.33. The molecule has 0 aliphatic carbocycles. The zero-order valence-corrected chi connectivity index (χ0v) is 19.1. The minimum absolute atomic E-state index is 0.00222. The Morgan fingerprint density at radius 3 is 2.28 bits per heavy atom. The van der Waals surface area contributed by atoms with Crippen LogP contribution in [0.4, 0.5) is 0 Å². The molecule has 8 heteroatoms. The summed E-state index contributed by atoms with van der Waals surface area (Å²) in [6.07, 6.45) is -0.817. The van der Waals surface area contributed by atoms with Crippen molar-refractivity contribution in [2.45, 2.75) is 38.9 Å². The number of esters is 2. The van der Waals surface area contributed by atoms with Gasteiger partial charge in [-0.1, -0.05) is 24.3 Å². The van der Waals surface area contributed by atoms with Crippen molar-refractivity contribution in [3.05, 3.63) is 53.6 Å². The summed E-state index contributed by atoms with van der Waals surface area (Å²) in [5, 5.41) is 13.2. The van der Waals surface area contributed by atoms with Crippen LogP contribution in [0.3, 0.4) is 0 Å². The second-order valence-corrected chi connectivity index (χ2v) is 8.11. The highest BCUT2D eigenvalue weighted by atomic mass is 16.6. The first-order valence-electron chi connectivity index (χ1n) is 10.2. The molecule has 2 aromatic carbocycles. The number of hydrogen-bond donors (Lipinski definition) is 2. The van der Waals surface area contributed by atoms with Crippen molar-refractivity contribution < 1.29 is 33.6 Å². The quantitative estimate of drug-likeness (QED) is 0.425. The molecule has 0 aromatic heterocycles. The van der Waals surface area contributed by atoms with E-state index < -0.39 is 17.7 Å². The van der Waals surface area contributed by atoms with Gasteiger partial charge >= 0.3 is 11.9 Å². The zero-order chi connectivity index (χ0) is 23.7. The Bertz CT molecular complexity index is 904. The highest BCUT2D eigenvalue weighted by Crippen LogP contribution is 2.31. The lowest BCUT2D eigenvalue weighted by atomic mass is 10.1. The highest BCUT2D eigenvalue weighted by molar-refractivity contribution is 5.76. The summed E-state index contributed by atoms with van der Waals surface area (Å²) in [6.45, 7) is 5.55. The van der Waals surface area contributed by atoms with Gasteiger partial charge in [-0.15, -0.1) is 0 Å². The van der Waals surface area contributed by atoms with E-state index in [4.69, 9.17) is 18.9 Å². The maximum absolute atomic E-state index is 12.4. The van der Waals surface area contributed by atoms with Crippen molar-refractivity contribution in [2.24, 2.45) is 0 Å². The zero-order valence-electron chi connectivity index (χ0n) is 19.1. The molecule has 0 aliphatic heterocycles. The van der Waals surface area contributed by atoms with Gasteiger partial charge in [0.2, 0.25) is 0 Å². The van der Waals surface area contributed by atoms with Crippen LogP contribution in [0.2, 0.25) is 0 Å². The number of nitrogens with one attached hydrogen (secondary N) is 1. The minimum Gasteiger partial charge on any atom is -0.493 e. The summed E-state index contributed by atoms with van der Waals surface area (Å²) in [6, 6.07) is 11.8. The monoisotopic (exact) mass is 445 g/mol. The number of aliphatic hydroxyl groups excluding tert-OH is 1. The summed E-state index contributed by atoms with van der Waals surface area (Å²) < 4.78 is 21.2. The van der Waals surface area contributed by atoms with E-state index in [-0.39, 0.29) is 25.5 Å². The third kappa shape index (κ3) is 7.86. The molecule has 1 atom stereocenters. The molecule has 32 heavy (non-hydrogen) atoms. The molecule has 0 amide bonds. The molecular formula is C24H31NO7.